The molecule has 1 fully saturated rings. The lowest BCUT2D eigenvalue weighted by atomic mass is 10.1. The predicted octanol–water partition coefficient (Wildman–Crippen LogP) is 2.85. The van der Waals surface area contributed by atoms with Crippen LogP contribution in [-0.2, 0) is 4.79 Å². The van der Waals surface area contributed by atoms with E-state index in [9.17, 15) is 4.79 Å². The van der Waals surface area contributed by atoms with Crippen LogP contribution >= 0.6 is 0 Å². The predicted molar refractivity (Wildman–Crippen MR) is 80.9 cm³/mol. The van der Waals surface area contributed by atoms with Crippen LogP contribution in [0.15, 0.2) is 18.2 Å². The molecule has 4 nitrogen and oxygen atoms in total. The van der Waals surface area contributed by atoms with E-state index in [0.29, 0.717) is 0 Å². The number of carbonyl (C=O) groups is 1. The Balaban J connectivity index is 2.00. The van der Waals surface area contributed by atoms with Crippen molar-refractivity contribution >= 4 is 11.6 Å². The van der Waals surface area contributed by atoms with E-state index in [1.807, 2.05) is 39.0 Å². The summed E-state index contributed by atoms with van der Waals surface area (Å²) in [6, 6.07) is 5.92. The number of ether oxygens (including phenoxy) is 1. The lowest BCUT2D eigenvalue weighted by molar-refractivity contribution is -0.119. The van der Waals surface area contributed by atoms with Crippen molar-refractivity contribution in [1.29, 1.82) is 0 Å². The maximum atomic E-state index is 12.2. The molecular weight excluding hydrogens is 252 g/mol. The summed E-state index contributed by atoms with van der Waals surface area (Å²) in [5.41, 5.74) is 7.72. The smallest absolute Gasteiger partial charge is 0.227 e. The number of aryl methyl sites for hydroxylation is 1. The Bertz CT molecular complexity index is 485. The van der Waals surface area contributed by atoms with Gasteiger partial charge in [-0.2, -0.15) is 0 Å². The molecule has 1 aliphatic carbocycles. The highest BCUT2D eigenvalue weighted by Gasteiger charge is 2.27. The second-order valence-corrected chi connectivity index (χ2v) is 5.90. The largest absolute Gasteiger partial charge is 0.491 e. The molecular formula is C16H24N2O2. The van der Waals surface area contributed by atoms with Crippen molar-refractivity contribution in [3.05, 3.63) is 23.8 Å². The monoisotopic (exact) mass is 276 g/mol. The van der Waals surface area contributed by atoms with Crippen molar-refractivity contribution in [2.75, 3.05) is 5.32 Å². The van der Waals surface area contributed by atoms with Gasteiger partial charge in [0.05, 0.1) is 6.10 Å². The van der Waals surface area contributed by atoms with Gasteiger partial charge in [0.25, 0.3) is 0 Å². The quantitative estimate of drug-likeness (QED) is 0.888. The summed E-state index contributed by atoms with van der Waals surface area (Å²) in [4.78, 5) is 12.2. The molecule has 1 aromatic carbocycles. The molecule has 0 spiro atoms. The number of rotatable bonds is 4. The Labute approximate surface area is 120 Å². The van der Waals surface area contributed by atoms with Crippen LogP contribution in [-0.4, -0.2) is 18.1 Å². The van der Waals surface area contributed by atoms with Crippen molar-refractivity contribution in [1.82, 2.24) is 0 Å². The van der Waals surface area contributed by atoms with Crippen LogP contribution in [0.1, 0.15) is 38.7 Å². The molecule has 0 aromatic heterocycles. The maximum Gasteiger partial charge on any atom is 0.227 e. The van der Waals surface area contributed by atoms with Crippen LogP contribution in [0.25, 0.3) is 0 Å². The summed E-state index contributed by atoms with van der Waals surface area (Å²) in [5, 5.41) is 3.00. The molecule has 0 saturated heterocycles. The topological polar surface area (TPSA) is 64.3 Å². The molecule has 20 heavy (non-hydrogen) atoms. The van der Waals surface area contributed by atoms with Crippen LogP contribution in [0, 0.1) is 12.8 Å². The highest BCUT2D eigenvalue weighted by molar-refractivity contribution is 5.93. The van der Waals surface area contributed by atoms with Crippen LogP contribution in [0.2, 0.25) is 0 Å². The average Bonchev–Trinajstić information content (AvgIpc) is 2.78. The fraction of sp³-hybridized carbons (Fsp3) is 0.562. The van der Waals surface area contributed by atoms with E-state index in [0.717, 1.165) is 36.3 Å². The number of nitrogens with two attached hydrogens (primary N) is 1. The van der Waals surface area contributed by atoms with Gasteiger partial charge < -0.3 is 15.8 Å². The third-order valence-electron chi connectivity index (χ3n) is 3.67. The van der Waals surface area contributed by atoms with Crippen molar-refractivity contribution < 1.29 is 9.53 Å². The standard InChI is InChI=1S/C16H24N2O2/c1-10(2)20-14-6-7-15(11(3)8-14)18-16(19)12-4-5-13(17)9-12/h6-8,10,12-13H,4-5,9,17H2,1-3H3,(H,18,19). The molecule has 1 aliphatic rings. The zero-order valence-corrected chi connectivity index (χ0v) is 12.5. The molecule has 3 N–H and O–H groups in total. The minimum Gasteiger partial charge on any atom is -0.491 e. The zero-order chi connectivity index (χ0) is 14.7. The van der Waals surface area contributed by atoms with Gasteiger partial charge in [0.1, 0.15) is 5.75 Å². The first-order valence-electron chi connectivity index (χ1n) is 7.29. The summed E-state index contributed by atoms with van der Waals surface area (Å²) in [6.07, 6.45) is 2.77. The number of benzene rings is 1. The summed E-state index contributed by atoms with van der Waals surface area (Å²) in [7, 11) is 0. The molecule has 2 atom stereocenters. The van der Waals surface area contributed by atoms with Gasteiger partial charge in [-0.25, -0.2) is 0 Å². The average molecular weight is 276 g/mol. The molecule has 4 heteroatoms. The van der Waals surface area contributed by atoms with Crippen LogP contribution in [0.5, 0.6) is 5.75 Å². The van der Waals surface area contributed by atoms with E-state index in [1.165, 1.54) is 0 Å². The summed E-state index contributed by atoms with van der Waals surface area (Å²) in [5.74, 6) is 0.966. The molecule has 2 rings (SSSR count). The molecule has 1 aromatic rings. The Morgan fingerprint density at radius 1 is 1.40 bits per heavy atom. The second-order valence-electron chi connectivity index (χ2n) is 5.90. The molecule has 1 amide bonds. The van der Waals surface area contributed by atoms with Crippen LogP contribution in [0.4, 0.5) is 5.69 Å². The molecule has 0 radical (unpaired) electrons. The van der Waals surface area contributed by atoms with E-state index in [2.05, 4.69) is 5.32 Å². The van der Waals surface area contributed by atoms with E-state index >= 15 is 0 Å². The highest BCUT2D eigenvalue weighted by atomic mass is 16.5. The molecule has 2 unspecified atom stereocenters. The number of nitrogens with one attached hydrogen (secondary N) is 1. The van der Waals surface area contributed by atoms with Crippen molar-refractivity contribution in [2.45, 2.75) is 52.2 Å². The van der Waals surface area contributed by atoms with Gasteiger partial charge in [-0.3, -0.25) is 4.79 Å². The summed E-state index contributed by atoms with van der Waals surface area (Å²) < 4.78 is 5.64. The SMILES string of the molecule is Cc1cc(OC(C)C)ccc1NC(=O)C1CCC(N)C1. The van der Waals surface area contributed by atoms with Crippen molar-refractivity contribution in [3.63, 3.8) is 0 Å². The molecule has 1 saturated carbocycles. The normalized spacial score (nSPS) is 22.1. The minimum absolute atomic E-state index is 0.0518. The van der Waals surface area contributed by atoms with Crippen LogP contribution < -0.4 is 15.8 Å². The van der Waals surface area contributed by atoms with Gasteiger partial charge in [-0.15, -0.1) is 0 Å². The van der Waals surface area contributed by atoms with Gasteiger partial charge >= 0.3 is 0 Å². The van der Waals surface area contributed by atoms with E-state index in [-0.39, 0.29) is 24.0 Å². The Morgan fingerprint density at radius 3 is 2.70 bits per heavy atom. The fourth-order valence-corrected chi connectivity index (χ4v) is 2.61. The first-order valence-corrected chi connectivity index (χ1v) is 7.29. The Kier molecular flexibility index (Phi) is 4.65. The number of hydrogen-bond donors (Lipinski definition) is 2. The molecule has 0 heterocycles. The maximum absolute atomic E-state index is 12.2. The van der Waals surface area contributed by atoms with Crippen molar-refractivity contribution in [2.24, 2.45) is 11.7 Å². The van der Waals surface area contributed by atoms with Crippen LogP contribution in [0.3, 0.4) is 0 Å². The number of hydrogen-bond acceptors (Lipinski definition) is 3. The first-order chi connectivity index (χ1) is 9.45. The third-order valence-corrected chi connectivity index (χ3v) is 3.67. The Hall–Kier alpha value is -1.55. The summed E-state index contributed by atoms with van der Waals surface area (Å²) >= 11 is 0. The second kappa shape index (κ2) is 6.27. The number of anilines is 1. The number of carbonyl (C=O) groups excluding carboxylic acids is 1. The van der Waals surface area contributed by atoms with Gasteiger partial charge in [0.2, 0.25) is 5.91 Å². The minimum atomic E-state index is 0.0518. The fourth-order valence-electron chi connectivity index (χ4n) is 2.61. The van der Waals surface area contributed by atoms with Gasteiger partial charge in [0.15, 0.2) is 0 Å². The zero-order valence-electron chi connectivity index (χ0n) is 12.5. The lowest BCUT2D eigenvalue weighted by Crippen LogP contribution is -2.23. The van der Waals surface area contributed by atoms with Gasteiger partial charge in [0, 0.05) is 17.6 Å². The highest BCUT2D eigenvalue weighted by Crippen LogP contribution is 2.27. The lowest BCUT2D eigenvalue weighted by Gasteiger charge is -2.15. The third kappa shape index (κ3) is 3.73. The Morgan fingerprint density at radius 2 is 2.15 bits per heavy atom. The number of amides is 1. The van der Waals surface area contributed by atoms with E-state index in [4.69, 9.17) is 10.5 Å². The van der Waals surface area contributed by atoms with Crippen molar-refractivity contribution in [3.8, 4) is 5.75 Å². The van der Waals surface area contributed by atoms with Gasteiger partial charge in [-0.05, 0) is 63.8 Å². The van der Waals surface area contributed by atoms with E-state index < -0.39 is 0 Å². The summed E-state index contributed by atoms with van der Waals surface area (Å²) in [6.45, 7) is 5.96. The molecule has 0 bridgehead atoms. The molecule has 110 valence electrons. The first kappa shape index (κ1) is 14.9. The van der Waals surface area contributed by atoms with E-state index in [1.54, 1.807) is 0 Å². The van der Waals surface area contributed by atoms with Gasteiger partial charge in [-0.1, -0.05) is 0 Å². The molecule has 0 aliphatic heterocycles.